The average molecular weight is 467 g/mol. The van der Waals surface area contributed by atoms with Gasteiger partial charge in [0.05, 0.1) is 0 Å². The van der Waals surface area contributed by atoms with Gasteiger partial charge in [-0.1, -0.05) is 6.92 Å². The zero-order chi connectivity index (χ0) is 25.1. The number of ether oxygens (including phenoxy) is 2. The second-order valence-electron chi connectivity index (χ2n) is 13.2. The highest BCUT2D eigenvalue weighted by Gasteiger charge is 2.54. The van der Waals surface area contributed by atoms with Crippen LogP contribution in [-0.2, 0) is 19.1 Å². The summed E-state index contributed by atoms with van der Waals surface area (Å²) in [6, 6.07) is 0. The largest absolute Gasteiger partial charge is 0.343 e. The second-order valence-corrected chi connectivity index (χ2v) is 13.2. The summed E-state index contributed by atoms with van der Waals surface area (Å²) in [6.45, 7) is 21.0. The first-order valence-electron chi connectivity index (χ1n) is 12.4. The molecule has 2 atom stereocenters. The van der Waals surface area contributed by atoms with Crippen LogP contribution in [0.1, 0.15) is 101 Å². The minimum absolute atomic E-state index is 0.00787. The van der Waals surface area contributed by atoms with E-state index in [-0.39, 0.29) is 46.2 Å². The van der Waals surface area contributed by atoms with E-state index in [0.29, 0.717) is 0 Å². The summed E-state index contributed by atoms with van der Waals surface area (Å²) in [5.41, 5.74) is -1.07. The van der Waals surface area contributed by atoms with Gasteiger partial charge >= 0.3 is 0 Å². The highest BCUT2D eigenvalue weighted by Crippen LogP contribution is 2.41. The van der Waals surface area contributed by atoms with E-state index in [0.717, 1.165) is 32.1 Å². The summed E-state index contributed by atoms with van der Waals surface area (Å²) in [6.07, 6.45) is 3.36. The van der Waals surface area contributed by atoms with Crippen LogP contribution in [0, 0.1) is 0 Å². The number of piperidine rings is 2. The molecule has 2 amide bonds. The van der Waals surface area contributed by atoms with Gasteiger partial charge in [0, 0.05) is 47.8 Å². The fourth-order valence-corrected chi connectivity index (χ4v) is 7.01. The molecule has 8 nitrogen and oxygen atoms in total. The number of carbonyl (C=O) groups excluding carboxylic acids is 2. The number of hydrogen-bond donors (Lipinski definition) is 4. The molecule has 8 heteroatoms. The molecule has 4 rings (SSSR count). The van der Waals surface area contributed by atoms with Crippen molar-refractivity contribution in [3.8, 4) is 0 Å². The maximum Gasteiger partial charge on any atom is 0.251 e. The van der Waals surface area contributed by atoms with Crippen molar-refractivity contribution in [1.29, 1.82) is 0 Å². The lowest BCUT2D eigenvalue weighted by Crippen LogP contribution is -2.66. The van der Waals surface area contributed by atoms with Crippen molar-refractivity contribution in [3.05, 3.63) is 0 Å². The maximum atomic E-state index is 11.8. The Morgan fingerprint density at radius 3 is 1.36 bits per heavy atom. The van der Waals surface area contributed by atoms with E-state index < -0.39 is 11.4 Å². The summed E-state index contributed by atoms with van der Waals surface area (Å²) in [4.78, 5) is 23.5. The van der Waals surface area contributed by atoms with Crippen LogP contribution < -0.4 is 21.3 Å². The average Bonchev–Trinajstić information content (AvgIpc) is 2.96. The molecular formula is C25H46N4O4. The van der Waals surface area contributed by atoms with E-state index in [4.69, 9.17) is 9.47 Å². The molecule has 0 saturated carbocycles. The number of hydrogen-bond acceptors (Lipinski definition) is 6. The summed E-state index contributed by atoms with van der Waals surface area (Å²) in [5.74, 6) is 0.0505. The van der Waals surface area contributed by atoms with E-state index in [1.165, 1.54) is 0 Å². The van der Waals surface area contributed by atoms with E-state index in [9.17, 15) is 9.59 Å². The molecule has 4 heterocycles. The Bertz CT molecular complexity index is 757. The SMILES string of the molecule is CC1OC2(CC(C)(C)NC(C)(C)C2)NC1=O.CCC1OC2(CC(C)(C)NC(C)(C)C2)NC1=O. The second kappa shape index (κ2) is 8.18. The van der Waals surface area contributed by atoms with Gasteiger partial charge in [-0.05, 0) is 68.7 Å². The highest BCUT2D eigenvalue weighted by molar-refractivity contribution is 5.83. The summed E-state index contributed by atoms with van der Waals surface area (Å²) in [5, 5.41) is 13.3. The first-order valence-corrected chi connectivity index (χ1v) is 12.4. The van der Waals surface area contributed by atoms with Crippen molar-refractivity contribution in [2.45, 2.75) is 147 Å². The van der Waals surface area contributed by atoms with Crippen LogP contribution in [0.2, 0.25) is 0 Å². The third kappa shape index (κ3) is 6.08. The summed E-state index contributed by atoms with van der Waals surface area (Å²) in [7, 11) is 0. The van der Waals surface area contributed by atoms with Gasteiger partial charge in [0.25, 0.3) is 11.8 Å². The van der Waals surface area contributed by atoms with Gasteiger partial charge in [-0.15, -0.1) is 0 Å². The van der Waals surface area contributed by atoms with E-state index in [2.05, 4.69) is 76.7 Å². The van der Waals surface area contributed by atoms with E-state index >= 15 is 0 Å². The van der Waals surface area contributed by atoms with Gasteiger partial charge in [-0.2, -0.15) is 0 Å². The van der Waals surface area contributed by atoms with Gasteiger partial charge in [0.15, 0.2) is 0 Å². The Balaban J connectivity index is 0.000000186. The maximum absolute atomic E-state index is 11.8. The van der Waals surface area contributed by atoms with Gasteiger partial charge in [0.2, 0.25) is 0 Å². The predicted molar refractivity (Wildman–Crippen MR) is 129 cm³/mol. The molecule has 0 aromatic rings. The van der Waals surface area contributed by atoms with Crippen molar-refractivity contribution in [3.63, 3.8) is 0 Å². The van der Waals surface area contributed by atoms with E-state index in [1.54, 1.807) is 0 Å². The molecule has 4 fully saturated rings. The number of nitrogens with one attached hydrogen (secondary N) is 4. The number of carbonyl (C=O) groups is 2. The van der Waals surface area contributed by atoms with Crippen LogP contribution in [-0.4, -0.2) is 57.6 Å². The molecule has 0 radical (unpaired) electrons. The molecule has 190 valence electrons. The molecule has 4 aliphatic heterocycles. The minimum atomic E-state index is -0.477. The molecule has 4 N–H and O–H groups in total. The monoisotopic (exact) mass is 466 g/mol. The van der Waals surface area contributed by atoms with Gasteiger partial charge < -0.3 is 30.7 Å². The smallest absolute Gasteiger partial charge is 0.251 e. The molecule has 2 spiro atoms. The van der Waals surface area contributed by atoms with Crippen LogP contribution in [0.4, 0.5) is 0 Å². The van der Waals surface area contributed by atoms with Crippen LogP contribution in [0.5, 0.6) is 0 Å². The molecular weight excluding hydrogens is 420 g/mol. The number of amides is 2. The fraction of sp³-hybridized carbons (Fsp3) is 0.920. The predicted octanol–water partition coefficient (Wildman–Crippen LogP) is 2.71. The Morgan fingerprint density at radius 2 is 1.06 bits per heavy atom. The molecule has 0 aliphatic carbocycles. The first kappa shape index (κ1) is 26.4. The Morgan fingerprint density at radius 1 is 0.697 bits per heavy atom. The van der Waals surface area contributed by atoms with Gasteiger partial charge in [-0.3, -0.25) is 9.59 Å². The molecule has 4 aliphatic rings. The third-order valence-corrected chi connectivity index (χ3v) is 6.77. The summed E-state index contributed by atoms with van der Waals surface area (Å²) < 4.78 is 11.9. The topological polar surface area (TPSA) is 101 Å². The minimum Gasteiger partial charge on any atom is -0.343 e. The van der Waals surface area contributed by atoms with Crippen LogP contribution in [0.15, 0.2) is 0 Å². The standard InChI is InChI=1S/C13H24N2O2.C12H22N2O2/c1-6-9-10(16)14-13(17-9)7-11(2,3)15-12(4,5)8-13;1-8-9(15)13-12(16-8)6-10(2,3)14-11(4,5)7-12/h9,15H,6-8H2,1-5H3,(H,14,16);8,14H,6-7H2,1-5H3,(H,13,15). The molecule has 0 bridgehead atoms. The Hall–Kier alpha value is -1.22. The molecule has 4 saturated heterocycles. The Labute approximate surface area is 199 Å². The fourth-order valence-electron chi connectivity index (χ4n) is 7.01. The molecule has 0 aromatic heterocycles. The molecule has 2 unspecified atom stereocenters. The van der Waals surface area contributed by atoms with Crippen LogP contribution in [0.25, 0.3) is 0 Å². The van der Waals surface area contributed by atoms with Crippen LogP contribution in [0.3, 0.4) is 0 Å². The van der Waals surface area contributed by atoms with Crippen molar-refractivity contribution in [2.75, 3.05) is 0 Å². The molecule has 33 heavy (non-hydrogen) atoms. The van der Waals surface area contributed by atoms with Crippen molar-refractivity contribution in [1.82, 2.24) is 21.3 Å². The zero-order valence-electron chi connectivity index (χ0n) is 22.3. The normalized spacial score (nSPS) is 34.4. The highest BCUT2D eigenvalue weighted by atomic mass is 16.5. The van der Waals surface area contributed by atoms with Crippen molar-refractivity contribution >= 4 is 11.8 Å². The lowest BCUT2D eigenvalue weighted by Gasteiger charge is -2.50. The van der Waals surface area contributed by atoms with Gasteiger partial charge in [0.1, 0.15) is 23.7 Å². The first-order chi connectivity index (χ1) is 14.8. The van der Waals surface area contributed by atoms with Crippen molar-refractivity contribution in [2.24, 2.45) is 0 Å². The molecule has 0 aromatic carbocycles. The lowest BCUT2D eigenvalue weighted by molar-refractivity contribution is -0.126. The summed E-state index contributed by atoms with van der Waals surface area (Å²) >= 11 is 0. The third-order valence-electron chi connectivity index (χ3n) is 6.77. The van der Waals surface area contributed by atoms with E-state index in [1.807, 2.05) is 13.8 Å². The van der Waals surface area contributed by atoms with Crippen molar-refractivity contribution < 1.29 is 19.1 Å². The number of rotatable bonds is 1. The van der Waals surface area contributed by atoms with Crippen LogP contribution >= 0.6 is 0 Å². The van der Waals surface area contributed by atoms with Gasteiger partial charge in [-0.25, -0.2) is 0 Å². The quantitative estimate of drug-likeness (QED) is 0.474. The Kier molecular flexibility index (Phi) is 6.54. The zero-order valence-corrected chi connectivity index (χ0v) is 22.3. The lowest BCUT2D eigenvalue weighted by atomic mass is 9.77.